The van der Waals surface area contributed by atoms with Gasteiger partial charge in [0.1, 0.15) is 23.4 Å². The van der Waals surface area contributed by atoms with Gasteiger partial charge in [-0.1, -0.05) is 45.4 Å². The number of hydrogen-bond acceptors (Lipinski definition) is 4. The number of ether oxygens (including phenoxy) is 2. The van der Waals surface area contributed by atoms with Crippen LogP contribution in [0.25, 0.3) is 0 Å². The minimum atomic E-state index is -0.351. The minimum absolute atomic E-state index is 0.0873. The summed E-state index contributed by atoms with van der Waals surface area (Å²) < 4.78 is 11.7. The lowest BCUT2D eigenvalue weighted by molar-refractivity contribution is -0.140. The predicted molar refractivity (Wildman–Crippen MR) is 112 cm³/mol. The van der Waals surface area contributed by atoms with Gasteiger partial charge in [0.05, 0.1) is 18.1 Å². The number of allylic oxidation sites excluding steroid dienone is 2. The summed E-state index contributed by atoms with van der Waals surface area (Å²) in [6.07, 6.45) is 2.27. The quantitative estimate of drug-likeness (QED) is 0.640. The van der Waals surface area contributed by atoms with Crippen molar-refractivity contribution in [2.24, 2.45) is 16.7 Å². The van der Waals surface area contributed by atoms with Gasteiger partial charge >= 0.3 is 0 Å². The molecule has 4 nitrogen and oxygen atoms in total. The van der Waals surface area contributed by atoms with E-state index in [0.717, 1.165) is 17.7 Å². The highest BCUT2D eigenvalue weighted by molar-refractivity contribution is 6.32. The molecule has 156 valence electrons. The van der Waals surface area contributed by atoms with Crippen molar-refractivity contribution in [3.63, 3.8) is 0 Å². The van der Waals surface area contributed by atoms with Crippen molar-refractivity contribution in [3.8, 4) is 5.75 Å². The highest BCUT2D eigenvalue weighted by atomic mass is 35.5. The van der Waals surface area contributed by atoms with E-state index < -0.39 is 0 Å². The highest BCUT2D eigenvalue weighted by Crippen LogP contribution is 2.54. The predicted octanol–water partition coefficient (Wildman–Crippen LogP) is 5.48. The summed E-state index contributed by atoms with van der Waals surface area (Å²) in [6.45, 7) is 8.42. The van der Waals surface area contributed by atoms with Crippen molar-refractivity contribution in [1.82, 2.24) is 0 Å². The van der Waals surface area contributed by atoms with Gasteiger partial charge in [0.25, 0.3) is 0 Å². The molecule has 1 aliphatic heterocycles. The molecular weight excluding hydrogens is 388 g/mol. The fourth-order valence-corrected chi connectivity index (χ4v) is 5.66. The van der Waals surface area contributed by atoms with Gasteiger partial charge in [-0.05, 0) is 34.9 Å². The summed E-state index contributed by atoms with van der Waals surface area (Å²) >= 11 is 6.42. The maximum atomic E-state index is 13.3. The molecule has 3 atom stereocenters. The molecule has 0 amide bonds. The summed E-state index contributed by atoms with van der Waals surface area (Å²) in [5.41, 5.74) is 1.33. The number of carbonyl (C=O) groups is 2. The van der Waals surface area contributed by atoms with Crippen LogP contribution in [-0.2, 0) is 14.3 Å². The molecule has 0 unspecified atom stereocenters. The molecule has 4 rings (SSSR count). The standard InChI is InChI=1S/C24H29ClO4/c1-23(2)9-15(26)21-18(11-23)29-19-12-24(3,4)10-16(27)22(19)20(21)13-6-7-17(28-5)14(25)8-13/h6-8,18,20-21H,9-12H2,1-5H3/t18-,20-,21+/m0/s1. The van der Waals surface area contributed by atoms with Crippen LogP contribution in [0.3, 0.4) is 0 Å². The Balaban J connectivity index is 1.87. The molecule has 0 spiro atoms. The van der Waals surface area contributed by atoms with Crippen LogP contribution in [0.15, 0.2) is 29.5 Å². The van der Waals surface area contributed by atoms with Crippen LogP contribution < -0.4 is 4.74 Å². The van der Waals surface area contributed by atoms with Crippen LogP contribution in [0.1, 0.15) is 64.9 Å². The SMILES string of the molecule is COc1ccc([C@@H]2C3=C(CC(C)(C)CC3=O)O[C@H]3CC(C)(C)CC(=O)[C@H]32)cc1Cl. The molecular formula is C24H29ClO4. The number of rotatable bonds is 2. The minimum Gasteiger partial charge on any atom is -0.495 e. The van der Waals surface area contributed by atoms with E-state index in [2.05, 4.69) is 27.7 Å². The summed E-state index contributed by atoms with van der Waals surface area (Å²) in [4.78, 5) is 26.5. The Kier molecular flexibility index (Phi) is 4.85. The van der Waals surface area contributed by atoms with Gasteiger partial charge in [-0.25, -0.2) is 0 Å². The largest absolute Gasteiger partial charge is 0.495 e. The molecule has 29 heavy (non-hydrogen) atoms. The van der Waals surface area contributed by atoms with E-state index in [1.807, 2.05) is 18.2 Å². The highest BCUT2D eigenvalue weighted by Gasteiger charge is 2.53. The van der Waals surface area contributed by atoms with Crippen LogP contribution in [0.2, 0.25) is 5.02 Å². The molecule has 0 saturated heterocycles. The summed E-state index contributed by atoms with van der Waals surface area (Å²) in [5, 5.41) is 0.488. The van der Waals surface area contributed by atoms with Gasteiger partial charge in [0.2, 0.25) is 0 Å². The fourth-order valence-electron chi connectivity index (χ4n) is 5.40. The third-order valence-corrected chi connectivity index (χ3v) is 6.85. The van der Waals surface area contributed by atoms with Crippen molar-refractivity contribution in [2.45, 2.75) is 65.4 Å². The van der Waals surface area contributed by atoms with Crippen LogP contribution in [0.4, 0.5) is 0 Å². The summed E-state index contributed by atoms with van der Waals surface area (Å²) in [5.74, 6) is 0.961. The molecule has 5 heteroatoms. The second kappa shape index (κ2) is 6.87. The second-order valence-corrected chi connectivity index (χ2v) is 10.8. The van der Waals surface area contributed by atoms with Gasteiger partial charge in [-0.2, -0.15) is 0 Å². The first-order valence-electron chi connectivity index (χ1n) is 10.3. The first-order chi connectivity index (χ1) is 13.5. The van der Waals surface area contributed by atoms with E-state index in [0.29, 0.717) is 35.6 Å². The van der Waals surface area contributed by atoms with Crippen LogP contribution >= 0.6 is 11.6 Å². The smallest absolute Gasteiger partial charge is 0.163 e. The molecule has 0 aromatic heterocycles. The summed E-state index contributed by atoms with van der Waals surface area (Å²) in [7, 11) is 1.57. The number of ketones is 2. The molecule has 1 saturated carbocycles. The van der Waals surface area contributed by atoms with Gasteiger partial charge < -0.3 is 9.47 Å². The number of halogens is 1. The Labute approximate surface area is 177 Å². The molecule has 1 aromatic rings. The second-order valence-electron chi connectivity index (χ2n) is 10.3. The topological polar surface area (TPSA) is 52.6 Å². The molecule has 2 aliphatic carbocycles. The lowest BCUT2D eigenvalue weighted by atomic mass is 9.60. The lowest BCUT2D eigenvalue weighted by Crippen LogP contribution is -2.49. The van der Waals surface area contributed by atoms with Gasteiger partial charge in [-0.3, -0.25) is 9.59 Å². The van der Waals surface area contributed by atoms with Crippen molar-refractivity contribution < 1.29 is 19.1 Å². The zero-order chi connectivity index (χ0) is 21.1. The van der Waals surface area contributed by atoms with Crippen LogP contribution in [0.5, 0.6) is 5.75 Å². The van der Waals surface area contributed by atoms with Gasteiger partial charge in [0, 0.05) is 30.8 Å². The third-order valence-electron chi connectivity index (χ3n) is 6.56. The number of hydrogen-bond donors (Lipinski definition) is 0. The number of benzene rings is 1. The Morgan fingerprint density at radius 2 is 1.79 bits per heavy atom. The Morgan fingerprint density at radius 3 is 2.45 bits per heavy atom. The van der Waals surface area contributed by atoms with E-state index in [1.165, 1.54) is 0 Å². The molecule has 1 fully saturated rings. The first kappa shape index (κ1) is 20.5. The Morgan fingerprint density at radius 1 is 1.07 bits per heavy atom. The third kappa shape index (κ3) is 3.61. The number of Topliss-reactive ketones (excluding diaryl/α,β-unsaturated/α-hetero) is 2. The monoisotopic (exact) mass is 416 g/mol. The molecule has 1 aromatic carbocycles. The van der Waals surface area contributed by atoms with Gasteiger partial charge in [0.15, 0.2) is 5.78 Å². The average molecular weight is 417 g/mol. The van der Waals surface area contributed by atoms with E-state index in [-0.39, 0.29) is 40.3 Å². The van der Waals surface area contributed by atoms with Crippen LogP contribution in [0, 0.1) is 16.7 Å². The van der Waals surface area contributed by atoms with E-state index >= 15 is 0 Å². The Hall–Kier alpha value is -1.81. The molecule has 0 radical (unpaired) electrons. The van der Waals surface area contributed by atoms with Crippen LogP contribution in [-0.4, -0.2) is 24.8 Å². The Bertz CT molecular complexity index is 911. The fraction of sp³-hybridized carbons (Fsp3) is 0.583. The molecule has 3 aliphatic rings. The molecule has 1 heterocycles. The van der Waals surface area contributed by atoms with E-state index in [1.54, 1.807) is 7.11 Å². The first-order valence-corrected chi connectivity index (χ1v) is 10.7. The lowest BCUT2D eigenvalue weighted by Gasteiger charge is -2.49. The number of carbonyl (C=O) groups excluding carboxylic acids is 2. The molecule has 0 N–H and O–H groups in total. The average Bonchev–Trinajstić information content (AvgIpc) is 2.57. The van der Waals surface area contributed by atoms with Crippen molar-refractivity contribution in [2.75, 3.05) is 7.11 Å². The normalized spacial score (nSPS) is 30.3. The van der Waals surface area contributed by atoms with Crippen molar-refractivity contribution >= 4 is 23.2 Å². The maximum Gasteiger partial charge on any atom is 0.163 e. The van der Waals surface area contributed by atoms with Gasteiger partial charge in [-0.15, -0.1) is 0 Å². The zero-order valence-corrected chi connectivity index (χ0v) is 18.6. The maximum absolute atomic E-state index is 13.3. The zero-order valence-electron chi connectivity index (χ0n) is 17.8. The van der Waals surface area contributed by atoms with E-state index in [9.17, 15) is 9.59 Å². The van der Waals surface area contributed by atoms with Crippen molar-refractivity contribution in [3.05, 3.63) is 40.1 Å². The number of fused-ring (bicyclic) bond motifs is 1. The van der Waals surface area contributed by atoms with E-state index in [4.69, 9.17) is 21.1 Å². The van der Waals surface area contributed by atoms with Crippen molar-refractivity contribution in [1.29, 1.82) is 0 Å². The number of methoxy groups -OCH3 is 1. The molecule has 0 bridgehead atoms. The summed E-state index contributed by atoms with van der Waals surface area (Å²) in [6, 6.07) is 5.59.